The number of hydrogen-bond donors (Lipinski definition) is 0. The molecule has 0 aliphatic carbocycles. The van der Waals surface area contributed by atoms with Crippen molar-refractivity contribution >= 4 is 17.2 Å². The normalized spacial score (nSPS) is 14.1. The predicted octanol–water partition coefficient (Wildman–Crippen LogP) is 2.39. The van der Waals surface area contributed by atoms with Crippen molar-refractivity contribution in [2.75, 3.05) is 37.7 Å². The number of amides is 1. The van der Waals surface area contributed by atoms with Gasteiger partial charge in [0.15, 0.2) is 0 Å². The van der Waals surface area contributed by atoms with Crippen molar-refractivity contribution < 1.29 is 9.53 Å². The minimum Gasteiger partial charge on any atom is -0.492 e. The molecule has 1 saturated heterocycles. The summed E-state index contributed by atoms with van der Waals surface area (Å²) in [4.78, 5) is 20.2. The number of ether oxygens (including phenoxy) is 1. The predicted molar refractivity (Wildman–Crippen MR) is 112 cm³/mol. The SMILES string of the molecule is C#CC(=O)N1CCN(c2ccc(-c3cc(OCC)cn4ncc(C)c34)cn2)CC1. The van der Waals surface area contributed by atoms with E-state index in [1.807, 2.05) is 49.1 Å². The van der Waals surface area contributed by atoms with E-state index in [1.54, 1.807) is 4.90 Å². The molecule has 0 unspecified atom stereocenters. The van der Waals surface area contributed by atoms with Crippen molar-refractivity contribution in [3.63, 3.8) is 0 Å². The lowest BCUT2D eigenvalue weighted by atomic mass is 10.1. The number of fused-ring (bicyclic) bond motifs is 1. The number of aromatic nitrogens is 3. The number of piperazine rings is 1. The summed E-state index contributed by atoms with van der Waals surface area (Å²) in [5, 5.41) is 4.43. The summed E-state index contributed by atoms with van der Waals surface area (Å²) < 4.78 is 7.56. The average molecular weight is 389 g/mol. The summed E-state index contributed by atoms with van der Waals surface area (Å²) in [6.45, 7) is 7.25. The molecule has 4 heterocycles. The monoisotopic (exact) mass is 389 g/mol. The highest BCUT2D eigenvalue weighted by molar-refractivity contribution is 5.93. The van der Waals surface area contributed by atoms with E-state index in [0.717, 1.165) is 33.8 Å². The van der Waals surface area contributed by atoms with Crippen LogP contribution in [0.25, 0.3) is 16.6 Å². The first-order valence-electron chi connectivity index (χ1n) is 9.68. The fourth-order valence-electron chi connectivity index (χ4n) is 3.68. The summed E-state index contributed by atoms with van der Waals surface area (Å²) in [5.41, 5.74) is 4.19. The molecule has 1 aliphatic heterocycles. The molecule has 3 aromatic heterocycles. The molecule has 0 atom stereocenters. The number of anilines is 1. The summed E-state index contributed by atoms with van der Waals surface area (Å²) in [7, 11) is 0. The van der Waals surface area contributed by atoms with Crippen LogP contribution in [0.4, 0.5) is 5.82 Å². The topological polar surface area (TPSA) is 63.0 Å². The zero-order valence-electron chi connectivity index (χ0n) is 16.6. The van der Waals surface area contributed by atoms with Gasteiger partial charge in [-0.3, -0.25) is 4.79 Å². The van der Waals surface area contributed by atoms with Crippen molar-refractivity contribution in [2.45, 2.75) is 13.8 Å². The summed E-state index contributed by atoms with van der Waals surface area (Å²) in [5.74, 6) is 3.60. The molecule has 0 spiro atoms. The third-order valence-corrected chi connectivity index (χ3v) is 5.15. The fraction of sp³-hybridized carbons (Fsp3) is 0.318. The summed E-state index contributed by atoms with van der Waals surface area (Å²) in [6, 6.07) is 6.12. The van der Waals surface area contributed by atoms with Crippen LogP contribution in [0.5, 0.6) is 5.75 Å². The molecule has 1 amide bonds. The van der Waals surface area contributed by atoms with Crippen LogP contribution in [0.2, 0.25) is 0 Å². The molecule has 0 aromatic carbocycles. The van der Waals surface area contributed by atoms with Gasteiger partial charge in [-0.2, -0.15) is 5.10 Å². The molecule has 7 nitrogen and oxygen atoms in total. The Labute approximate surface area is 169 Å². The third kappa shape index (κ3) is 3.61. The number of rotatable bonds is 4. The number of carbonyl (C=O) groups is 1. The molecular formula is C22H23N5O2. The minimum atomic E-state index is -0.248. The largest absolute Gasteiger partial charge is 0.492 e. The van der Waals surface area contributed by atoms with E-state index in [9.17, 15) is 4.79 Å². The van der Waals surface area contributed by atoms with Gasteiger partial charge in [0.1, 0.15) is 11.6 Å². The van der Waals surface area contributed by atoms with E-state index >= 15 is 0 Å². The Balaban J connectivity index is 1.60. The Bertz CT molecular complexity index is 1070. The van der Waals surface area contributed by atoms with Gasteiger partial charge >= 0.3 is 0 Å². The van der Waals surface area contributed by atoms with Gasteiger partial charge in [-0.1, -0.05) is 0 Å². The van der Waals surface area contributed by atoms with Gasteiger partial charge in [0.05, 0.1) is 24.5 Å². The van der Waals surface area contributed by atoms with Gasteiger partial charge in [-0.05, 0) is 43.5 Å². The molecule has 1 aliphatic rings. The maximum Gasteiger partial charge on any atom is 0.298 e. The lowest BCUT2D eigenvalue weighted by Gasteiger charge is -2.34. The van der Waals surface area contributed by atoms with Gasteiger partial charge in [-0.15, -0.1) is 6.42 Å². The number of carbonyl (C=O) groups excluding carboxylic acids is 1. The second-order valence-corrected chi connectivity index (χ2v) is 6.97. The van der Waals surface area contributed by atoms with E-state index in [4.69, 9.17) is 11.2 Å². The van der Waals surface area contributed by atoms with Gasteiger partial charge in [0, 0.05) is 43.5 Å². The molecule has 148 valence electrons. The number of aryl methyl sites for hydroxylation is 1. The van der Waals surface area contributed by atoms with Gasteiger partial charge in [-0.25, -0.2) is 9.50 Å². The summed E-state index contributed by atoms with van der Waals surface area (Å²) in [6.07, 6.45) is 10.8. The second kappa shape index (κ2) is 7.84. The molecule has 7 heteroatoms. The van der Waals surface area contributed by atoms with Crippen LogP contribution in [0.15, 0.2) is 36.8 Å². The van der Waals surface area contributed by atoms with Crippen LogP contribution in [0.3, 0.4) is 0 Å². The van der Waals surface area contributed by atoms with Crippen LogP contribution in [-0.4, -0.2) is 58.2 Å². The number of nitrogens with zero attached hydrogens (tertiary/aromatic N) is 5. The van der Waals surface area contributed by atoms with Crippen LogP contribution in [-0.2, 0) is 4.79 Å². The average Bonchev–Trinajstić information content (AvgIpc) is 3.14. The molecule has 29 heavy (non-hydrogen) atoms. The molecule has 4 rings (SSSR count). The van der Waals surface area contributed by atoms with Gasteiger partial charge < -0.3 is 14.5 Å². The molecule has 0 N–H and O–H groups in total. The van der Waals surface area contributed by atoms with Crippen LogP contribution >= 0.6 is 0 Å². The number of terminal acetylenes is 1. The Morgan fingerprint density at radius 2 is 2.03 bits per heavy atom. The number of pyridine rings is 2. The van der Waals surface area contributed by atoms with Crippen molar-refractivity contribution in [3.05, 3.63) is 42.4 Å². The zero-order chi connectivity index (χ0) is 20.4. The molecular weight excluding hydrogens is 366 g/mol. The maximum absolute atomic E-state index is 11.6. The highest BCUT2D eigenvalue weighted by Gasteiger charge is 2.21. The van der Waals surface area contributed by atoms with Crippen molar-refractivity contribution in [1.82, 2.24) is 19.5 Å². The first kappa shape index (κ1) is 18.8. The van der Waals surface area contributed by atoms with Gasteiger partial charge in [0.2, 0.25) is 0 Å². The molecule has 3 aromatic rings. The molecule has 0 radical (unpaired) electrons. The van der Waals surface area contributed by atoms with Gasteiger partial charge in [0.25, 0.3) is 5.91 Å². The van der Waals surface area contributed by atoms with E-state index in [1.165, 1.54) is 0 Å². The zero-order valence-corrected chi connectivity index (χ0v) is 16.6. The Kier molecular flexibility index (Phi) is 5.09. The highest BCUT2D eigenvalue weighted by atomic mass is 16.5. The van der Waals surface area contributed by atoms with Crippen LogP contribution in [0, 0.1) is 19.3 Å². The molecule has 1 fully saturated rings. The first-order chi connectivity index (χ1) is 14.1. The second-order valence-electron chi connectivity index (χ2n) is 6.97. The van der Waals surface area contributed by atoms with Crippen molar-refractivity contribution in [3.8, 4) is 29.2 Å². The highest BCUT2D eigenvalue weighted by Crippen LogP contribution is 2.31. The Hall–Kier alpha value is -3.53. The van der Waals surface area contributed by atoms with Crippen molar-refractivity contribution in [2.24, 2.45) is 0 Å². The quantitative estimate of drug-likeness (QED) is 0.641. The van der Waals surface area contributed by atoms with E-state index in [0.29, 0.717) is 32.8 Å². The van der Waals surface area contributed by atoms with E-state index in [2.05, 4.69) is 27.0 Å². The molecule has 0 saturated carbocycles. The standard InChI is InChI=1S/C22H23N5O2/c1-4-21(28)26-10-8-25(9-11-26)20-7-6-17(14-23-20)19-12-18(29-5-2)15-27-22(19)16(3)13-24-27/h1,6-7,12-15H,5,8-11H2,2-3H3. The number of hydrogen-bond acceptors (Lipinski definition) is 5. The Morgan fingerprint density at radius 3 is 2.69 bits per heavy atom. The fourth-order valence-corrected chi connectivity index (χ4v) is 3.68. The van der Waals surface area contributed by atoms with E-state index in [-0.39, 0.29) is 5.91 Å². The first-order valence-corrected chi connectivity index (χ1v) is 9.68. The van der Waals surface area contributed by atoms with Crippen LogP contribution in [0.1, 0.15) is 12.5 Å². The third-order valence-electron chi connectivity index (χ3n) is 5.15. The maximum atomic E-state index is 11.6. The molecule has 0 bridgehead atoms. The van der Waals surface area contributed by atoms with Crippen molar-refractivity contribution in [1.29, 1.82) is 0 Å². The minimum absolute atomic E-state index is 0.248. The lowest BCUT2D eigenvalue weighted by molar-refractivity contribution is -0.125. The smallest absolute Gasteiger partial charge is 0.298 e. The van der Waals surface area contributed by atoms with E-state index < -0.39 is 0 Å². The summed E-state index contributed by atoms with van der Waals surface area (Å²) >= 11 is 0. The lowest BCUT2D eigenvalue weighted by Crippen LogP contribution is -2.48. The Morgan fingerprint density at radius 1 is 1.24 bits per heavy atom. The van der Waals surface area contributed by atoms with Crippen LogP contribution < -0.4 is 9.64 Å².